The minimum atomic E-state index is 0.105. The monoisotopic (exact) mass is 202 g/mol. The quantitative estimate of drug-likeness (QED) is 0.696. The normalized spacial score (nSPS) is 18.9. The molecule has 1 fully saturated rings. The minimum absolute atomic E-state index is 0.105. The number of hydrogen-bond donors (Lipinski definition) is 0. The van der Waals surface area contributed by atoms with E-state index in [0.717, 1.165) is 19.4 Å². The molecule has 1 aliphatic rings. The van der Waals surface area contributed by atoms with E-state index < -0.39 is 0 Å². The van der Waals surface area contributed by atoms with Gasteiger partial charge in [0.2, 0.25) is 5.95 Å². The molecule has 1 aromatic rings. The fourth-order valence-electron chi connectivity index (χ4n) is 2.02. The summed E-state index contributed by atoms with van der Waals surface area (Å²) in [5.41, 5.74) is 0.538. The van der Waals surface area contributed by atoms with Crippen molar-refractivity contribution in [1.82, 2.24) is 9.97 Å². The third-order valence-electron chi connectivity index (χ3n) is 2.90. The van der Waals surface area contributed by atoms with E-state index in [-0.39, 0.29) is 5.54 Å². The Morgan fingerprint density at radius 1 is 1.53 bits per heavy atom. The van der Waals surface area contributed by atoms with Crippen LogP contribution < -0.4 is 4.90 Å². The van der Waals surface area contributed by atoms with Crippen molar-refractivity contribution >= 4 is 5.95 Å². The van der Waals surface area contributed by atoms with Crippen molar-refractivity contribution in [1.29, 1.82) is 5.26 Å². The molecule has 0 atom stereocenters. The molecule has 2 rings (SSSR count). The molecule has 0 aliphatic carbocycles. The SMILES string of the molecule is CC1(C)CCCN1c1nccc(C#N)n1. The van der Waals surface area contributed by atoms with Crippen LogP contribution in [0, 0.1) is 11.3 Å². The average molecular weight is 202 g/mol. The lowest BCUT2D eigenvalue weighted by atomic mass is 10.0. The largest absolute Gasteiger partial charge is 0.336 e. The van der Waals surface area contributed by atoms with Crippen LogP contribution in [0.1, 0.15) is 32.4 Å². The van der Waals surface area contributed by atoms with E-state index in [0.29, 0.717) is 11.6 Å². The third kappa shape index (κ3) is 1.78. The first-order chi connectivity index (χ1) is 7.13. The Morgan fingerprint density at radius 2 is 2.33 bits per heavy atom. The maximum atomic E-state index is 8.78. The van der Waals surface area contributed by atoms with Gasteiger partial charge >= 0.3 is 0 Å². The Bertz CT molecular complexity index is 405. The molecule has 0 N–H and O–H groups in total. The van der Waals surface area contributed by atoms with Crippen LogP contribution in [0.3, 0.4) is 0 Å². The summed E-state index contributed by atoms with van der Waals surface area (Å²) >= 11 is 0. The minimum Gasteiger partial charge on any atom is -0.336 e. The number of rotatable bonds is 1. The van der Waals surface area contributed by atoms with Crippen LogP contribution in [0.5, 0.6) is 0 Å². The highest BCUT2D eigenvalue weighted by atomic mass is 15.3. The van der Waals surface area contributed by atoms with Crippen molar-refractivity contribution < 1.29 is 0 Å². The lowest BCUT2D eigenvalue weighted by Crippen LogP contribution is -2.39. The van der Waals surface area contributed by atoms with Crippen molar-refractivity contribution in [2.24, 2.45) is 0 Å². The van der Waals surface area contributed by atoms with Gasteiger partial charge in [-0.3, -0.25) is 0 Å². The predicted molar refractivity (Wildman–Crippen MR) is 57.4 cm³/mol. The number of nitrogens with zero attached hydrogens (tertiary/aromatic N) is 4. The van der Waals surface area contributed by atoms with Gasteiger partial charge in [-0.25, -0.2) is 9.97 Å². The fourth-order valence-corrected chi connectivity index (χ4v) is 2.02. The fraction of sp³-hybridized carbons (Fsp3) is 0.545. The van der Waals surface area contributed by atoms with Gasteiger partial charge in [-0.05, 0) is 32.8 Å². The molecule has 4 heteroatoms. The molecule has 0 spiro atoms. The Balaban J connectivity index is 2.34. The van der Waals surface area contributed by atoms with Crippen molar-refractivity contribution in [3.05, 3.63) is 18.0 Å². The highest BCUT2D eigenvalue weighted by Crippen LogP contribution is 2.31. The second-order valence-corrected chi connectivity index (χ2v) is 4.42. The van der Waals surface area contributed by atoms with E-state index >= 15 is 0 Å². The molecule has 0 amide bonds. The summed E-state index contributed by atoms with van der Waals surface area (Å²) in [5, 5.41) is 8.78. The van der Waals surface area contributed by atoms with Crippen LogP contribution in [0.15, 0.2) is 12.3 Å². The summed E-state index contributed by atoms with van der Waals surface area (Å²) in [6, 6.07) is 3.67. The first-order valence-corrected chi connectivity index (χ1v) is 5.14. The molecular formula is C11H14N4. The number of aromatic nitrogens is 2. The van der Waals surface area contributed by atoms with Gasteiger partial charge in [0.15, 0.2) is 0 Å². The van der Waals surface area contributed by atoms with Crippen LogP contribution in [-0.4, -0.2) is 22.1 Å². The van der Waals surface area contributed by atoms with Crippen molar-refractivity contribution in [3.8, 4) is 6.07 Å². The molecule has 0 saturated carbocycles. The zero-order valence-electron chi connectivity index (χ0n) is 9.06. The summed E-state index contributed by atoms with van der Waals surface area (Å²) in [5.74, 6) is 0.677. The second-order valence-electron chi connectivity index (χ2n) is 4.42. The Hall–Kier alpha value is -1.63. The van der Waals surface area contributed by atoms with Gasteiger partial charge in [-0.2, -0.15) is 5.26 Å². The summed E-state index contributed by atoms with van der Waals surface area (Å²) in [7, 11) is 0. The number of hydrogen-bond acceptors (Lipinski definition) is 4. The topological polar surface area (TPSA) is 52.8 Å². The van der Waals surface area contributed by atoms with E-state index in [4.69, 9.17) is 5.26 Å². The van der Waals surface area contributed by atoms with Crippen LogP contribution in [0.4, 0.5) is 5.95 Å². The van der Waals surface area contributed by atoms with Gasteiger partial charge in [0, 0.05) is 18.3 Å². The molecule has 1 aliphatic heterocycles. The molecular weight excluding hydrogens is 188 g/mol. The number of anilines is 1. The maximum absolute atomic E-state index is 8.78. The summed E-state index contributed by atoms with van der Waals surface area (Å²) < 4.78 is 0. The molecule has 0 aromatic carbocycles. The molecule has 1 saturated heterocycles. The van der Waals surface area contributed by atoms with Gasteiger partial charge in [0.05, 0.1) is 0 Å². The van der Waals surface area contributed by atoms with Crippen molar-refractivity contribution in [2.75, 3.05) is 11.4 Å². The predicted octanol–water partition coefficient (Wildman–Crippen LogP) is 1.73. The summed E-state index contributed by atoms with van der Waals surface area (Å²) in [6.45, 7) is 5.34. The average Bonchev–Trinajstić information content (AvgIpc) is 2.58. The van der Waals surface area contributed by atoms with Gasteiger partial charge in [-0.15, -0.1) is 0 Å². The van der Waals surface area contributed by atoms with Gasteiger partial charge in [-0.1, -0.05) is 0 Å². The van der Waals surface area contributed by atoms with Gasteiger partial charge in [0.25, 0.3) is 0 Å². The highest BCUT2D eigenvalue weighted by molar-refractivity contribution is 5.38. The van der Waals surface area contributed by atoms with E-state index in [1.807, 2.05) is 6.07 Å². The first kappa shape index (κ1) is 9.91. The molecule has 2 heterocycles. The van der Waals surface area contributed by atoms with Crippen LogP contribution in [0.25, 0.3) is 0 Å². The van der Waals surface area contributed by atoms with E-state index in [1.54, 1.807) is 12.3 Å². The van der Waals surface area contributed by atoms with Crippen LogP contribution in [0.2, 0.25) is 0 Å². The standard InChI is InChI=1S/C11H14N4/c1-11(2)5-3-7-15(11)10-13-6-4-9(8-12)14-10/h4,6H,3,5,7H2,1-2H3. The molecule has 4 nitrogen and oxygen atoms in total. The second kappa shape index (κ2) is 3.50. The van der Waals surface area contributed by atoms with Crippen LogP contribution in [-0.2, 0) is 0 Å². The van der Waals surface area contributed by atoms with E-state index in [9.17, 15) is 0 Å². The van der Waals surface area contributed by atoms with Crippen molar-refractivity contribution in [2.45, 2.75) is 32.2 Å². The zero-order valence-corrected chi connectivity index (χ0v) is 9.06. The Labute approximate surface area is 89.6 Å². The summed E-state index contributed by atoms with van der Waals surface area (Å²) in [4.78, 5) is 10.6. The zero-order chi connectivity index (χ0) is 10.9. The molecule has 0 bridgehead atoms. The van der Waals surface area contributed by atoms with Crippen LogP contribution >= 0.6 is 0 Å². The third-order valence-corrected chi connectivity index (χ3v) is 2.90. The van der Waals surface area contributed by atoms with Gasteiger partial charge < -0.3 is 4.90 Å². The van der Waals surface area contributed by atoms with Crippen molar-refractivity contribution in [3.63, 3.8) is 0 Å². The highest BCUT2D eigenvalue weighted by Gasteiger charge is 2.33. The maximum Gasteiger partial charge on any atom is 0.226 e. The lowest BCUT2D eigenvalue weighted by molar-refractivity contribution is 0.510. The lowest BCUT2D eigenvalue weighted by Gasteiger charge is -2.31. The molecule has 15 heavy (non-hydrogen) atoms. The Kier molecular flexibility index (Phi) is 2.31. The molecule has 0 unspecified atom stereocenters. The van der Waals surface area contributed by atoms with Gasteiger partial charge in [0.1, 0.15) is 11.8 Å². The smallest absolute Gasteiger partial charge is 0.226 e. The number of nitriles is 1. The van der Waals surface area contributed by atoms with E-state index in [2.05, 4.69) is 28.7 Å². The summed E-state index contributed by atoms with van der Waals surface area (Å²) in [6.07, 6.45) is 3.95. The molecule has 78 valence electrons. The first-order valence-electron chi connectivity index (χ1n) is 5.14. The molecule has 0 radical (unpaired) electrons. The molecule has 1 aromatic heterocycles. The Morgan fingerprint density at radius 3 is 2.93 bits per heavy atom. The van der Waals surface area contributed by atoms with E-state index in [1.165, 1.54) is 0 Å².